The lowest BCUT2D eigenvalue weighted by Crippen LogP contribution is -2.47. The summed E-state index contributed by atoms with van der Waals surface area (Å²) in [6, 6.07) is 0. The van der Waals surface area contributed by atoms with Crippen molar-refractivity contribution >= 4 is 11.9 Å². The predicted octanol–water partition coefficient (Wildman–Crippen LogP) is 3.68. The van der Waals surface area contributed by atoms with E-state index in [1.54, 1.807) is 0 Å². The van der Waals surface area contributed by atoms with Crippen molar-refractivity contribution in [3.63, 3.8) is 0 Å². The molecule has 2 aliphatic rings. The molecule has 0 aromatic heterocycles. The van der Waals surface area contributed by atoms with E-state index in [0.717, 1.165) is 64.5 Å². The molecule has 2 fully saturated rings. The number of hydrogen-bond acceptors (Lipinski definition) is 3. The Kier molecular flexibility index (Phi) is 6.27. The lowest BCUT2D eigenvalue weighted by molar-refractivity contribution is -0.155. The maximum absolute atomic E-state index is 13.1. The Morgan fingerprint density at radius 1 is 1.14 bits per heavy atom. The van der Waals surface area contributed by atoms with Gasteiger partial charge >= 0.3 is 5.97 Å². The summed E-state index contributed by atoms with van der Waals surface area (Å²) in [7, 11) is 0. The van der Waals surface area contributed by atoms with E-state index in [1.165, 1.54) is 6.42 Å². The molecule has 1 spiro atoms. The highest BCUT2D eigenvalue weighted by Crippen LogP contribution is 2.44. The van der Waals surface area contributed by atoms with Crippen LogP contribution in [0.15, 0.2) is 0 Å². The number of esters is 1. The molecule has 4 heteroatoms. The van der Waals surface area contributed by atoms with Gasteiger partial charge in [-0.05, 0) is 38.5 Å². The summed E-state index contributed by atoms with van der Waals surface area (Å²) in [4.78, 5) is 27.0. The van der Waals surface area contributed by atoms with Crippen LogP contribution < -0.4 is 0 Å². The van der Waals surface area contributed by atoms with E-state index in [0.29, 0.717) is 0 Å². The zero-order chi connectivity index (χ0) is 16.0. The third-order valence-electron chi connectivity index (χ3n) is 5.20. The van der Waals surface area contributed by atoms with Crippen molar-refractivity contribution in [2.45, 2.75) is 83.7 Å². The normalized spacial score (nSPS) is 23.5. The van der Waals surface area contributed by atoms with Crippen molar-refractivity contribution in [1.29, 1.82) is 0 Å². The molecular formula is C18H31NO3. The minimum Gasteiger partial charge on any atom is -0.458 e. The van der Waals surface area contributed by atoms with E-state index >= 15 is 0 Å². The van der Waals surface area contributed by atoms with Crippen LogP contribution in [-0.4, -0.2) is 35.5 Å². The molecule has 4 nitrogen and oxygen atoms in total. The van der Waals surface area contributed by atoms with Gasteiger partial charge in [0.15, 0.2) is 0 Å². The van der Waals surface area contributed by atoms with Crippen LogP contribution in [0, 0.1) is 5.92 Å². The first-order chi connectivity index (χ1) is 10.6. The number of carbonyl (C=O) groups excluding carboxylic acids is 2. The molecule has 1 aliphatic heterocycles. The quantitative estimate of drug-likeness (QED) is 0.674. The Labute approximate surface area is 134 Å². The third-order valence-corrected chi connectivity index (χ3v) is 5.20. The average Bonchev–Trinajstić information content (AvgIpc) is 2.83. The van der Waals surface area contributed by atoms with Crippen LogP contribution in [0.25, 0.3) is 0 Å². The molecule has 0 aromatic carbocycles. The van der Waals surface area contributed by atoms with E-state index in [2.05, 4.69) is 13.8 Å². The topological polar surface area (TPSA) is 46.6 Å². The largest absolute Gasteiger partial charge is 0.458 e. The second-order valence-corrected chi connectivity index (χ2v) is 6.89. The number of carbonyl (C=O) groups is 2. The summed E-state index contributed by atoms with van der Waals surface area (Å²) >= 11 is 0. The van der Waals surface area contributed by atoms with Gasteiger partial charge in [0, 0.05) is 13.1 Å². The smallest absolute Gasteiger partial charge is 0.307 e. The van der Waals surface area contributed by atoms with Gasteiger partial charge in [0.05, 0.1) is 12.3 Å². The molecule has 126 valence electrons. The second-order valence-electron chi connectivity index (χ2n) is 6.89. The Hall–Kier alpha value is -1.06. The summed E-state index contributed by atoms with van der Waals surface area (Å²) in [5.41, 5.74) is -0.483. The Morgan fingerprint density at radius 2 is 1.73 bits per heavy atom. The molecule has 22 heavy (non-hydrogen) atoms. The van der Waals surface area contributed by atoms with Gasteiger partial charge in [0.1, 0.15) is 5.60 Å². The third kappa shape index (κ3) is 3.82. The molecule has 1 aliphatic carbocycles. The van der Waals surface area contributed by atoms with Crippen molar-refractivity contribution in [3.8, 4) is 0 Å². The molecule has 1 heterocycles. The Morgan fingerprint density at radius 3 is 2.27 bits per heavy atom. The van der Waals surface area contributed by atoms with Gasteiger partial charge in [-0.1, -0.05) is 33.1 Å². The molecule has 2 rings (SSSR count). The van der Waals surface area contributed by atoms with Gasteiger partial charge in [-0.3, -0.25) is 9.59 Å². The van der Waals surface area contributed by atoms with Crippen LogP contribution >= 0.6 is 0 Å². The summed E-state index contributed by atoms with van der Waals surface area (Å²) in [6.45, 7) is 5.92. The van der Waals surface area contributed by atoms with Gasteiger partial charge in [-0.15, -0.1) is 0 Å². The van der Waals surface area contributed by atoms with Crippen LogP contribution in [-0.2, 0) is 14.3 Å². The van der Waals surface area contributed by atoms with Crippen LogP contribution in [0.3, 0.4) is 0 Å². The summed E-state index contributed by atoms with van der Waals surface area (Å²) in [5.74, 6) is -0.255. The van der Waals surface area contributed by atoms with E-state index in [1.807, 2.05) is 4.90 Å². The summed E-state index contributed by atoms with van der Waals surface area (Å²) in [6.07, 6.45) is 9.58. The van der Waals surface area contributed by atoms with Crippen LogP contribution in [0.5, 0.6) is 0 Å². The van der Waals surface area contributed by atoms with Gasteiger partial charge in [0.2, 0.25) is 5.91 Å². The van der Waals surface area contributed by atoms with Crippen LogP contribution in [0.1, 0.15) is 78.1 Å². The molecule has 1 atom stereocenters. The standard InChI is InChI=1S/C18H31NO3/c1-3-5-12-19(13-6-4-2)17(21)15-14-16(20)22-18(15)10-8-7-9-11-18/h15H,3-14H2,1-2H3/t15-/m1/s1. The van der Waals surface area contributed by atoms with Crippen molar-refractivity contribution in [2.24, 2.45) is 5.92 Å². The fraction of sp³-hybridized carbons (Fsp3) is 0.889. The summed E-state index contributed by atoms with van der Waals surface area (Å²) in [5, 5.41) is 0. The number of rotatable bonds is 7. The molecule has 1 amide bonds. The molecule has 0 bridgehead atoms. The molecule has 1 saturated carbocycles. The lowest BCUT2D eigenvalue weighted by Gasteiger charge is -2.38. The number of amides is 1. The number of ether oxygens (including phenoxy) is 1. The maximum atomic E-state index is 13.1. The first-order valence-electron chi connectivity index (χ1n) is 9.13. The first kappa shape index (κ1) is 17.3. The predicted molar refractivity (Wildman–Crippen MR) is 86.4 cm³/mol. The van der Waals surface area contributed by atoms with Crippen molar-refractivity contribution < 1.29 is 14.3 Å². The maximum Gasteiger partial charge on any atom is 0.307 e. The average molecular weight is 309 g/mol. The Bertz CT molecular complexity index is 380. The van der Waals surface area contributed by atoms with Gasteiger partial charge in [-0.25, -0.2) is 0 Å². The van der Waals surface area contributed by atoms with Gasteiger partial charge < -0.3 is 9.64 Å². The highest BCUT2D eigenvalue weighted by Gasteiger charge is 2.53. The van der Waals surface area contributed by atoms with Gasteiger partial charge in [0.25, 0.3) is 0 Å². The zero-order valence-electron chi connectivity index (χ0n) is 14.2. The van der Waals surface area contributed by atoms with Gasteiger partial charge in [-0.2, -0.15) is 0 Å². The van der Waals surface area contributed by atoms with Crippen molar-refractivity contribution in [3.05, 3.63) is 0 Å². The fourth-order valence-corrected chi connectivity index (χ4v) is 3.86. The highest BCUT2D eigenvalue weighted by molar-refractivity contribution is 5.88. The molecule has 1 saturated heterocycles. The first-order valence-corrected chi connectivity index (χ1v) is 9.13. The molecule has 0 radical (unpaired) electrons. The molecule has 0 aromatic rings. The van der Waals surface area contributed by atoms with E-state index in [-0.39, 0.29) is 24.2 Å². The lowest BCUT2D eigenvalue weighted by atomic mass is 9.75. The number of hydrogen-bond donors (Lipinski definition) is 0. The number of nitrogens with zero attached hydrogens (tertiary/aromatic N) is 1. The minimum atomic E-state index is -0.483. The highest BCUT2D eigenvalue weighted by atomic mass is 16.6. The Balaban J connectivity index is 2.10. The second kappa shape index (κ2) is 7.98. The number of unbranched alkanes of at least 4 members (excludes halogenated alkanes) is 2. The van der Waals surface area contributed by atoms with Crippen molar-refractivity contribution in [1.82, 2.24) is 4.90 Å². The van der Waals surface area contributed by atoms with Crippen LogP contribution in [0.4, 0.5) is 0 Å². The fourth-order valence-electron chi connectivity index (χ4n) is 3.86. The van der Waals surface area contributed by atoms with E-state index in [9.17, 15) is 9.59 Å². The van der Waals surface area contributed by atoms with E-state index in [4.69, 9.17) is 4.74 Å². The zero-order valence-corrected chi connectivity index (χ0v) is 14.2. The minimum absolute atomic E-state index is 0.162. The monoisotopic (exact) mass is 309 g/mol. The molecular weight excluding hydrogens is 278 g/mol. The molecule has 0 N–H and O–H groups in total. The van der Waals surface area contributed by atoms with E-state index < -0.39 is 5.60 Å². The summed E-state index contributed by atoms with van der Waals surface area (Å²) < 4.78 is 5.70. The molecule has 0 unspecified atom stereocenters. The SMILES string of the molecule is CCCCN(CCCC)C(=O)[C@H]1CC(=O)OC12CCCCC2. The van der Waals surface area contributed by atoms with Crippen molar-refractivity contribution in [2.75, 3.05) is 13.1 Å². The van der Waals surface area contributed by atoms with Crippen LogP contribution in [0.2, 0.25) is 0 Å².